The minimum absolute atomic E-state index is 0.509. The van der Waals surface area contributed by atoms with Crippen molar-refractivity contribution >= 4 is 27.8 Å². The van der Waals surface area contributed by atoms with E-state index in [2.05, 4.69) is 22.0 Å². The fraction of sp³-hybridized carbons (Fsp3) is 0.545. The lowest BCUT2D eigenvalue weighted by atomic mass is 10.2. The zero-order chi connectivity index (χ0) is 13.1. The quantitative estimate of drug-likeness (QED) is 0.911. The van der Waals surface area contributed by atoms with Crippen molar-refractivity contribution in [2.45, 2.75) is 26.3 Å². The Balaban J connectivity index is 2.34. The predicted molar refractivity (Wildman–Crippen MR) is 76.8 cm³/mol. The molecule has 0 fully saturated rings. The summed E-state index contributed by atoms with van der Waals surface area (Å²) in [4.78, 5) is 7.95. The van der Waals surface area contributed by atoms with Crippen LogP contribution in [-0.4, -0.2) is 34.2 Å². The van der Waals surface area contributed by atoms with Gasteiger partial charge in [-0.3, -0.25) is 0 Å². The number of nitrogen functional groups attached to an aromatic ring is 1. The molecule has 0 atom stereocenters. The molecule has 7 heteroatoms. The van der Waals surface area contributed by atoms with Crippen molar-refractivity contribution in [1.29, 1.82) is 0 Å². The fourth-order valence-corrected chi connectivity index (χ4v) is 3.57. The lowest BCUT2D eigenvalue weighted by Gasteiger charge is -2.04. The SMILES string of the molecule is CCCc1nc(CN(C)C)sc1-c1nnc(N)s1. The van der Waals surface area contributed by atoms with Crippen molar-refractivity contribution in [3.63, 3.8) is 0 Å². The van der Waals surface area contributed by atoms with Gasteiger partial charge in [-0.2, -0.15) is 0 Å². The maximum atomic E-state index is 5.65. The van der Waals surface area contributed by atoms with E-state index in [-0.39, 0.29) is 0 Å². The third-order valence-corrected chi connectivity index (χ3v) is 4.30. The molecule has 0 bridgehead atoms. The van der Waals surface area contributed by atoms with Crippen LogP contribution in [0.2, 0.25) is 0 Å². The summed E-state index contributed by atoms with van der Waals surface area (Å²) in [7, 11) is 4.09. The van der Waals surface area contributed by atoms with Crippen LogP contribution in [0.3, 0.4) is 0 Å². The van der Waals surface area contributed by atoms with E-state index in [9.17, 15) is 0 Å². The van der Waals surface area contributed by atoms with Gasteiger partial charge in [0.05, 0.1) is 10.6 Å². The van der Waals surface area contributed by atoms with Crippen LogP contribution in [0, 0.1) is 0 Å². The van der Waals surface area contributed by atoms with Crippen molar-refractivity contribution in [3.8, 4) is 9.88 Å². The number of thiazole rings is 1. The summed E-state index contributed by atoms with van der Waals surface area (Å²) in [6.45, 7) is 3.01. The Morgan fingerprint density at radius 2 is 2.00 bits per heavy atom. The first-order chi connectivity index (χ1) is 8.60. The Hall–Kier alpha value is -1.05. The molecule has 0 aliphatic rings. The molecule has 5 nitrogen and oxygen atoms in total. The van der Waals surface area contributed by atoms with Gasteiger partial charge in [0.25, 0.3) is 0 Å². The van der Waals surface area contributed by atoms with Gasteiger partial charge in [-0.15, -0.1) is 21.5 Å². The van der Waals surface area contributed by atoms with Crippen LogP contribution in [0.4, 0.5) is 5.13 Å². The molecule has 0 spiro atoms. The van der Waals surface area contributed by atoms with E-state index in [1.165, 1.54) is 11.3 Å². The Labute approximate surface area is 115 Å². The number of hydrogen-bond donors (Lipinski definition) is 1. The highest BCUT2D eigenvalue weighted by Gasteiger charge is 2.16. The average Bonchev–Trinajstić information content (AvgIpc) is 2.85. The summed E-state index contributed by atoms with van der Waals surface area (Å²) >= 11 is 3.12. The third kappa shape index (κ3) is 3.04. The Bertz CT molecular complexity index is 517. The molecular formula is C11H17N5S2. The van der Waals surface area contributed by atoms with E-state index in [1.807, 2.05) is 14.1 Å². The largest absolute Gasteiger partial charge is 0.374 e. The van der Waals surface area contributed by atoms with Crippen LogP contribution in [0.1, 0.15) is 24.0 Å². The van der Waals surface area contributed by atoms with Crippen LogP contribution in [0.15, 0.2) is 0 Å². The lowest BCUT2D eigenvalue weighted by Crippen LogP contribution is -2.10. The van der Waals surface area contributed by atoms with Gasteiger partial charge in [-0.05, 0) is 20.5 Å². The summed E-state index contributed by atoms with van der Waals surface area (Å²) in [6, 6.07) is 0. The number of nitrogens with two attached hydrogens (primary N) is 1. The topological polar surface area (TPSA) is 67.9 Å². The number of nitrogens with zero attached hydrogens (tertiary/aromatic N) is 4. The van der Waals surface area contributed by atoms with Gasteiger partial charge in [-0.1, -0.05) is 24.7 Å². The normalized spacial score (nSPS) is 11.3. The monoisotopic (exact) mass is 283 g/mol. The van der Waals surface area contributed by atoms with Gasteiger partial charge in [-0.25, -0.2) is 4.98 Å². The van der Waals surface area contributed by atoms with Crippen LogP contribution in [0.25, 0.3) is 9.88 Å². The predicted octanol–water partition coefficient (Wildman–Crippen LogP) is 2.26. The van der Waals surface area contributed by atoms with Crippen molar-refractivity contribution in [3.05, 3.63) is 10.7 Å². The molecule has 2 N–H and O–H groups in total. The van der Waals surface area contributed by atoms with Crippen molar-refractivity contribution in [1.82, 2.24) is 20.1 Å². The third-order valence-electron chi connectivity index (χ3n) is 2.31. The standard InChI is InChI=1S/C11H17N5S2/c1-4-5-7-9(10-14-15-11(12)18-10)17-8(13-7)6-16(2)3/h4-6H2,1-3H3,(H2,12,15). The molecule has 2 aromatic rings. The maximum absolute atomic E-state index is 5.65. The maximum Gasteiger partial charge on any atom is 0.203 e. The second-order valence-electron chi connectivity index (χ2n) is 4.32. The Morgan fingerprint density at radius 1 is 1.22 bits per heavy atom. The van der Waals surface area contributed by atoms with Gasteiger partial charge >= 0.3 is 0 Å². The first-order valence-electron chi connectivity index (χ1n) is 5.82. The molecule has 0 radical (unpaired) electrons. The lowest BCUT2D eigenvalue weighted by molar-refractivity contribution is 0.401. The van der Waals surface area contributed by atoms with E-state index >= 15 is 0 Å². The molecule has 0 amide bonds. The Morgan fingerprint density at radius 3 is 2.56 bits per heavy atom. The van der Waals surface area contributed by atoms with Gasteiger partial charge in [0.2, 0.25) is 5.13 Å². The van der Waals surface area contributed by atoms with Crippen molar-refractivity contribution in [2.24, 2.45) is 0 Å². The molecule has 2 heterocycles. The first-order valence-corrected chi connectivity index (χ1v) is 7.46. The number of hydrogen-bond acceptors (Lipinski definition) is 7. The molecular weight excluding hydrogens is 266 g/mol. The van der Waals surface area contributed by atoms with E-state index < -0.39 is 0 Å². The van der Waals surface area contributed by atoms with Gasteiger partial charge in [0.1, 0.15) is 5.01 Å². The molecule has 0 saturated carbocycles. The molecule has 0 unspecified atom stereocenters. The Kier molecular flexibility index (Phi) is 4.26. The number of aryl methyl sites for hydroxylation is 1. The number of aromatic nitrogens is 3. The summed E-state index contributed by atoms with van der Waals surface area (Å²) in [5.74, 6) is 0. The van der Waals surface area contributed by atoms with E-state index in [0.29, 0.717) is 5.13 Å². The summed E-state index contributed by atoms with van der Waals surface area (Å²) in [5, 5.41) is 10.5. The smallest absolute Gasteiger partial charge is 0.203 e. The molecule has 2 rings (SSSR count). The van der Waals surface area contributed by atoms with Gasteiger partial charge < -0.3 is 10.6 Å². The second-order valence-corrected chi connectivity index (χ2v) is 6.41. The van der Waals surface area contributed by atoms with Crippen molar-refractivity contribution < 1.29 is 0 Å². The van der Waals surface area contributed by atoms with Crippen LogP contribution in [0.5, 0.6) is 0 Å². The summed E-state index contributed by atoms with van der Waals surface area (Å²) < 4.78 is 0. The second kappa shape index (κ2) is 5.73. The van der Waals surface area contributed by atoms with Gasteiger partial charge in [0, 0.05) is 6.54 Å². The van der Waals surface area contributed by atoms with Crippen LogP contribution >= 0.6 is 22.7 Å². The van der Waals surface area contributed by atoms with E-state index in [0.717, 1.165) is 40.0 Å². The highest BCUT2D eigenvalue weighted by atomic mass is 32.1. The number of rotatable bonds is 5. The van der Waals surface area contributed by atoms with Gasteiger partial charge in [0.15, 0.2) is 5.01 Å². The molecule has 18 heavy (non-hydrogen) atoms. The minimum atomic E-state index is 0.509. The van der Waals surface area contributed by atoms with Crippen molar-refractivity contribution in [2.75, 3.05) is 19.8 Å². The van der Waals surface area contributed by atoms with E-state index in [1.54, 1.807) is 11.3 Å². The highest BCUT2D eigenvalue weighted by Crippen LogP contribution is 2.34. The zero-order valence-electron chi connectivity index (χ0n) is 10.8. The summed E-state index contributed by atoms with van der Waals surface area (Å²) in [6.07, 6.45) is 2.05. The fourth-order valence-electron chi connectivity index (χ4n) is 1.64. The minimum Gasteiger partial charge on any atom is -0.374 e. The molecule has 0 aliphatic carbocycles. The number of anilines is 1. The molecule has 0 aromatic carbocycles. The zero-order valence-corrected chi connectivity index (χ0v) is 12.4. The van der Waals surface area contributed by atoms with E-state index in [4.69, 9.17) is 10.7 Å². The molecule has 0 saturated heterocycles. The highest BCUT2D eigenvalue weighted by molar-refractivity contribution is 7.23. The average molecular weight is 283 g/mol. The molecule has 0 aliphatic heterocycles. The van der Waals surface area contributed by atoms with Crippen LogP contribution < -0.4 is 5.73 Å². The molecule has 2 aromatic heterocycles. The first kappa shape index (κ1) is 13.4. The van der Waals surface area contributed by atoms with Crippen LogP contribution in [-0.2, 0) is 13.0 Å². The summed E-state index contributed by atoms with van der Waals surface area (Å²) in [5.41, 5.74) is 6.77. The molecule has 98 valence electrons.